The number of nitrogens with one attached hydrogen (secondary N) is 2. The molecule has 0 atom stereocenters. The van der Waals surface area contributed by atoms with Crippen LogP contribution in [0.25, 0.3) is 22.4 Å². The zero-order chi connectivity index (χ0) is 26.7. The van der Waals surface area contributed by atoms with Crippen LogP contribution in [0.3, 0.4) is 0 Å². The minimum absolute atomic E-state index is 0.0150. The highest BCUT2D eigenvalue weighted by Gasteiger charge is 2.22. The number of halogens is 3. The molecule has 0 aliphatic rings. The Hall–Kier alpha value is -4.60. The Morgan fingerprint density at radius 1 is 0.811 bits per heavy atom. The molecule has 0 radical (unpaired) electrons. The van der Waals surface area contributed by atoms with Crippen molar-refractivity contribution < 1.29 is 22.8 Å². The lowest BCUT2D eigenvalue weighted by Gasteiger charge is -2.15. The summed E-state index contributed by atoms with van der Waals surface area (Å²) < 4.78 is 43.7. The Balaban J connectivity index is 1.67. The van der Waals surface area contributed by atoms with E-state index in [9.17, 15) is 22.8 Å². The highest BCUT2D eigenvalue weighted by atomic mass is 19.1. The topological polar surface area (TPSA) is 96.9 Å². The monoisotopic (exact) mass is 505 g/mol. The van der Waals surface area contributed by atoms with Gasteiger partial charge in [-0.3, -0.25) is 24.5 Å². The number of carbonyl (C=O) groups excluding carboxylic acids is 2. The third-order valence-corrected chi connectivity index (χ3v) is 5.52. The number of hydrogen-bond acceptors (Lipinski definition) is 5. The van der Waals surface area contributed by atoms with Crippen LogP contribution >= 0.6 is 0 Å². The van der Waals surface area contributed by atoms with E-state index in [1.54, 1.807) is 18.2 Å². The van der Waals surface area contributed by atoms with Gasteiger partial charge in [-0.1, -0.05) is 0 Å². The van der Waals surface area contributed by atoms with E-state index in [0.717, 1.165) is 0 Å². The van der Waals surface area contributed by atoms with Gasteiger partial charge in [0.25, 0.3) is 11.8 Å². The molecule has 4 aromatic rings. The van der Waals surface area contributed by atoms with E-state index >= 15 is 0 Å². The number of anilines is 1. The minimum atomic E-state index is -1.78. The average molecular weight is 506 g/mol. The Morgan fingerprint density at radius 2 is 1.51 bits per heavy atom. The fraction of sp³-hybridized carbons (Fsp3) is 0.148. The molecule has 0 aliphatic heterocycles. The van der Waals surface area contributed by atoms with Crippen LogP contribution in [0, 0.1) is 11.6 Å². The molecule has 2 amide bonds. The molecule has 4 rings (SSSR count). The Morgan fingerprint density at radius 3 is 2.24 bits per heavy atom. The van der Waals surface area contributed by atoms with Crippen molar-refractivity contribution in [1.29, 1.82) is 0 Å². The number of hydrogen-bond donors (Lipinski definition) is 2. The first kappa shape index (κ1) is 25.5. The van der Waals surface area contributed by atoms with Crippen molar-refractivity contribution in [1.82, 2.24) is 20.3 Å². The summed E-state index contributed by atoms with van der Waals surface area (Å²) in [4.78, 5) is 36.9. The standard InChI is InChI=1S/C27H22F3N5O2/c1-27(2,30)24-12-17(6-9-34-24)25(36)35-22-13-18(19(28)14-20(22)29)15-4-7-32-21(10-15)16-5-8-33-23(11-16)26(37)31-3/h4-14H,1-3H3,(H,31,37)(H,35,36). The Labute approximate surface area is 210 Å². The number of carbonyl (C=O) groups is 2. The van der Waals surface area contributed by atoms with E-state index in [0.29, 0.717) is 22.9 Å². The zero-order valence-corrected chi connectivity index (χ0v) is 20.1. The normalized spacial score (nSPS) is 11.2. The maximum absolute atomic E-state index is 14.8. The van der Waals surface area contributed by atoms with Crippen LogP contribution in [-0.4, -0.2) is 33.8 Å². The molecule has 0 spiro atoms. The maximum Gasteiger partial charge on any atom is 0.269 e. The van der Waals surface area contributed by atoms with Gasteiger partial charge in [-0.15, -0.1) is 0 Å². The number of benzene rings is 1. The van der Waals surface area contributed by atoms with Crippen molar-refractivity contribution in [2.24, 2.45) is 0 Å². The lowest BCUT2D eigenvalue weighted by atomic mass is 10.0. The second kappa shape index (κ2) is 10.2. The van der Waals surface area contributed by atoms with Crippen LogP contribution in [0.4, 0.5) is 18.9 Å². The first-order valence-corrected chi connectivity index (χ1v) is 11.2. The van der Waals surface area contributed by atoms with Gasteiger partial charge < -0.3 is 10.6 Å². The highest BCUT2D eigenvalue weighted by Crippen LogP contribution is 2.31. The van der Waals surface area contributed by atoms with E-state index < -0.39 is 23.2 Å². The fourth-order valence-corrected chi connectivity index (χ4v) is 3.56. The smallest absolute Gasteiger partial charge is 0.269 e. The Bertz CT molecular complexity index is 1500. The van der Waals surface area contributed by atoms with Crippen molar-refractivity contribution in [3.8, 4) is 22.4 Å². The first-order valence-electron chi connectivity index (χ1n) is 11.2. The quantitative estimate of drug-likeness (QED) is 0.371. The molecule has 0 fully saturated rings. The SMILES string of the molecule is CNC(=O)c1cc(-c2cc(-c3cc(NC(=O)c4ccnc(C(C)(C)F)c4)c(F)cc3F)ccn2)ccn1. The van der Waals surface area contributed by atoms with Crippen LogP contribution in [0.15, 0.2) is 67.1 Å². The van der Waals surface area contributed by atoms with Gasteiger partial charge in [0.2, 0.25) is 0 Å². The second-order valence-corrected chi connectivity index (χ2v) is 8.61. The molecule has 2 N–H and O–H groups in total. The second-order valence-electron chi connectivity index (χ2n) is 8.61. The predicted molar refractivity (Wildman–Crippen MR) is 133 cm³/mol. The van der Waals surface area contributed by atoms with Gasteiger partial charge in [-0.2, -0.15) is 0 Å². The van der Waals surface area contributed by atoms with Crippen LogP contribution < -0.4 is 10.6 Å². The van der Waals surface area contributed by atoms with E-state index in [2.05, 4.69) is 25.6 Å². The number of alkyl halides is 1. The van der Waals surface area contributed by atoms with E-state index in [1.165, 1.54) is 63.8 Å². The Kier molecular flexibility index (Phi) is 7.01. The summed E-state index contributed by atoms with van der Waals surface area (Å²) in [6.07, 6.45) is 4.18. The molecule has 7 nitrogen and oxygen atoms in total. The summed E-state index contributed by atoms with van der Waals surface area (Å²) in [5.41, 5.74) is -0.378. The predicted octanol–water partition coefficient (Wildman–Crippen LogP) is 5.30. The summed E-state index contributed by atoms with van der Waals surface area (Å²) >= 11 is 0. The third kappa shape index (κ3) is 5.64. The van der Waals surface area contributed by atoms with Gasteiger partial charge in [-0.05, 0) is 61.9 Å². The molecule has 0 bridgehead atoms. The van der Waals surface area contributed by atoms with Gasteiger partial charge >= 0.3 is 0 Å². The van der Waals surface area contributed by atoms with Crippen molar-refractivity contribution in [3.63, 3.8) is 0 Å². The number of amides is 2. The van der Waals surface area contributed by atoms with Gasteiger partial charge in [0, 0.05) is 48.4 Å². The van der Waals surface area contributed by atoms with Crippen molar-refractivity contribution in [3.05, 3.63) is 95.7 Å². The molecular formula is C27H22F3N5O2. The van der Waals surface area contributed by atoms with Crippen molar-refractivity contribution in [2.45, 2.75) is 19.5 Å². The summed E-state index contributed by atoms with van der Waals surface area (Å²) in [5.74, 6) is -2.91. The first-order chi connectivity index (χ1) is 17.6. The lowest BCUT2D eigenvalue weighted by molar-refractivity contribution is 0.0957. The third-order valence-electron chi connectivity index (χ3n) is 5.52. The van der Waals surface area contributed by atoms with Crippen molar-refractivity contribution >= 4 is 17.5 Å². The molecule has 37 heavy (non-hydrogen) atoms. The van der Waals surface area contributed by atoms with Gasteiger partial charge in [-0.25, -0.2) is 13.2 Å². The zero-order valence-electron chi connectivity index (χ0n) is 20.1. The molecular weight excluding hydrogens is 483 g/mol. The van der Waals surface area contributed by atoms with Crippen LogP contribution in [-0.2, 0) is 5.67 Å². The molecule has 10 heteroatoms. The molecule has 0 saturated carbocycles. The lowest BCUT2D eigenvalue weighted by Crippen LogP contribution is -2.19. The van der Waals surface area contributed by atoms with Gasteiger partial charge in [0.1, 0.15) is 23.0 Å². The summed E-state index contributed by atoms with van der Waals surface area (Å²) in [6.45, 7) is 2.61. The highest BCUT2D eigenvalue weighted by molar-refractivity contribution is 6.04. The maximum atomic E-state index is 14.8. The van der Waals surface area contributed by atoms with Crippen LogP contribution in [0.1, 0.15) is 40.4 Å². The molecule has 1 aromatic carbocycles. The van der Waals surface area contributed by atoms with E-state index in [4.69, 9.17) is 0 Å². The molecule has 188 valence electrons. The number of rotatable bonds is 6. The van der Waals surface area contributed by atoms with E-state index in [1.807, 2.05) is 0 Å². The summed E-state index contributed by atoms with van der Waals surface area (Å²) in [6, 6.07) is 10.8. The number of nitrogens with zero attached hydrogens (tertiary/aromatic N) is 3. The van der Waals surface area contributed by atoms with Crippen molar-refractivity contribution in [2.75, 3.05) is 12.4 Å². The van der Waals surface area contributed by atoms with Crippen LogP contribution in [0.5, 0.6) is 0 Å². The average Bonchev–Trinajstić information content (AvgIpc) is 2.89. The molecule has 0 unspecified atom stereocenters. The van der Waals surface area contributed by atoms with Gasteiger partial charge in [0.05, 0.1) is 17.1 Å². The fourth-order valence-electron chi connectivity index (χ4n) is 3.56. The van der Waals surface area contributed by atoms with Crippen LogP contribution in [0.2, 0.25) is 0 Å². The van der Waals surface area contributed by atoms with Gasteiger partial charge in [0.15, 0.2) is 0 Å². The number of aromatic nitrogens is 3. The number of pyridine rings is 3. The molecule has 0 saturated heterocycles. The molecule has 3 aromatic heterocycles. The molecule has 3 heterocycles. The van der Waals surface area contributed by atoms with E-state index in [-0.39, 0.29) is 34.1 Å². The largest absolute Gasteiger partial charge is 0.354 e. The summed E-state index contributed by atoms with van der Waals surface area (Å²) in [7, 11) is 1.48. The minimum Gasteiger partial charge on any atom is -0.354 e. The molecule has 0 aliphatic carbocycles. The summed E-state index contributed by atoms with van der Waals surface area (Å²) in [5, 5.41) is 4.91.